The third-order valence-electron chi connectivity index (χ3n) is 2.08. The van der Waals surface area contributed by atoms with Crippen molar-refractivity contribution in [3.8, 4) is 0 Å². The monoisotopic (exact) mass is 201 g/mol. The molecule has 70 valence electrons. The minimum absolute atomic E-state index is 1.04. The number of allylic oxidation sites excluding steroid dienone is 2. The summed E-state index contributed by atoms with van der Waals surface area (Å²) in [6.07, 6.45) is 3.69. The van der Waals surface area contributed by atoms with Gasteiger partial charge in [-0.05, 0) is 13.0 Å². The number of hydrogen-bond donors (Lipinski definition) is 0. The molecule has 0 bridgehead atoms. The first-order chi connectivity index (χ1) is 6.86. The Kier molecular flexibility index (Phi) is 2.55. The molecule has 14 heavy (non-hydrogen) atoms. The first-order valence-electron chi connectivity index (χ1n) is 4.49. The lowest BCUT2D eigenvalue weighted by atomic mass is 10.1. The Balaban J connectivity index is 2.58. The van der Waals surface area contributed by atoms with Crippen LogP contribution in [0.1, 0.15) is 12.5 Å². The zero-order chi connectivity index (χ0) is 9.97. The first kappa shape index (κ1) is 9.28. The number of fused-ring (bicyclic) bond motifs is 1. The van der Waals surface area contributed by atoms with Gasteiger partial charge in [-0.15, -0.1) is 0 Å². The molecule has 0 unspecified atom stereocenters. The van der Waals surface area contributed by atoms with E-state index < -0.39 is 0 Å². The summed E-state index contributed by atoms with van der Waals surface area (Å²) in [5, 5.41) is 0. The highest BCUT2D eigenvalue weighted by Gasteiger charge is 2.21. The van der Waals surface area contributed by atoms with Gasteiger partial charge in [0.2, 0.25) is 0 Å². The van der Waals surface area contributed by atoms with Gasteiger partial charge in [-0.25, -0.2) is 0 Å². The highest BCUT2D eigenvalue weighted by Crippen LogP contribution is 2.39. The van der Waals surface area contributed by atoms with Gasteiger partial charge in [0.05, 0.1) is 5.71 Å². The van der Waals surface area contributed by atoms with Crippen LogP contribution in [0.25, 0.3) is 0 Å². The Morgan fingerprint density at radius 1 is 1.36 bits per heavy atom. The average molecular weight is 201 g/mol. The van der Waals surface area contributed by atoms with Gasteiger partial charge in [0.15, 0.2) is 0 Å². The topological polar surface area (TPSA) is 12.4 Å². The molecular weight excluding hydrogens is 190 g/mol. The highest BCUT2D eigenvalue weighted by molar-refractivity contribution is 8.04. The smallest absolute Gasteiger partial charge is 0.0849 e. The van der Waals surface area contributed by atoms with E-state index in [-0.39, 0.29) is 0 Å². The summed E-state index contributed by atoms with van der Waals surface area (Å²) in [6, 6.07) is 8.31. The Labute approximate surface area is 88.3 Å². The molecule has 0 fully saturated rings. The number of nitrogens with zero attached hydrogens (tertiary/aromatic N) is 1. The third kappa shape index (κ3) is 1.42. The third-order valence-corrected chi connectivity index (χ3v) is 3.30. The molecule has 0 saturated carbocycles. The zero-order valence-electron chi connectivity index (χ0n) is 8.03. The highest BCUT2D eigenvalue weighted by atomic mass is 32.2. The van der Waals surface area contributed by atoms with Crippen LogP contribution in [0.2, 0.25) is 0 Å². The Morgan fingerprint density at radius 2 is 2.14 bits per heavy atom. The van der Waals surface area contributed by atoms with Crippen LogP contribution in [-0.4, -0.2) is 5.71 Å². The van der Waals surface area contributed by atoms with Crippen LogP contribution in [0.5, 0.6) is 0 Å². The van der Waals surface area contributed by atoms with Crippen LogP contribution < -0.4 is 0 Å². The van der Waals surface area contributed by atoms with Crippen molar-refractivity contribution in [2.45, 2.75) is 11.8 Å². The molecule has 1 aliphatic heterocycles. The molecule has 1 nitrogen and oxygen atoms in total. The molecule has 0 spiro atoms. The molecule has 0 atom stereocenters. The van der Waals surface area contributed by atoms with Crippen molar-refractivity contribution in [2.24, 2.45) is 4.99 Å². The Hall–Kier alpha value is -1.28. The summed E-state index contributed by atoms with van der Waals surface area (Å²) >= 11 is 1.77. The fourth-order valence-corrected chi connectivity index (χ4v) is 2.51. The van der Waals surface area contributed by atoms with Gasteiger partial charge in [-0.1, -0.05) is 42.6 Å². The van der Waals surface area contributed by atoms with E-state index in [2.05, 4.69) is 35.8 Å². The molecule has 0 radical (unpaired) electrons. The van der Waals surface area contributed by atoms with Gasteiger partial charge >= 0.3 is 0 Å². The van der Waals surface area contributed by atoms with Crippen molar-refractivity contribution >= 4 is 17.5 Å². The fraction of sp³-hybridized carbons (Fsp3) is 0.0833. The molecule has 0 aliphatic carbocycles. The van der Waals surface area contributed by atoms with Gasteiger partial charge in [-0.2, -0.15) is 0 Å². The second kappa shape index (κ2) is 3.84. The lowest BCUT2D eigenvalue weighted by Crippen LogP contribution is -1.95. The number of rotatable bonds is 1. The maximum absolute atomic E-state index is 4.31. The van der Waals surface area contributed by atoms with E-state index in [0.717, 1.165) is 5.71 Å². The van der Waals surface area contributed by atoms with Crippen molar-refractivity contribution in [2.75, 3.05) is 0 Å². The van der Waals surface area contributed by atoms with E-state index in [9.17, 15) is 0 Å². The summed E-state index contributed by atoms with van der Waals surface area (Å²) in [6.45, 7) is 5.68. The first-order valence-corrected chi connectivity index (χ1v) is 5.31. The van der Waals surface area contributed by atoms with E-state index >= 15 is 0 Å². The molecule has 1 aromatic carbocycles. The second-order valence-corrected chi connectivity index (χ2v) is 4.00. The van der Waals surface area contributed by atoms with Crippen molar-refractivity contribution < 1.29 is 0 Å². The number of thioether (sulfide) groups is 1. The standard InChI is InChI=1S/C12H11NS/c1-3-10-12(13-4-2)9-7-5-6-8-11(9)14-10/h3-8H,2H2,1H3/b10-3+,13-12-. The van der Waals surface area contributed by atoms with Gasteiger partial charge in [-0.3, -0.25) is 4.99 Å². The van der Waals surface area contributed by atoms with Crippen LogP contribution in [0, 0.1) is 0 Å². The minimum atomic E-state index is 1.04. The van der Waals surface area contributed by atoms with Gasteiger partial charge in [0.1, 0.15) is 0 Å². The van der Waals surface area contributed by atoms with E-state index in [1.54, 1.807) is 18.0 Å². The predicted molar refractivity (Wildman–Crippen MR) is 62.8 cm³/mol. The molecule has 0 saturated heterocycles. The second-order valence-electron chi connectivity index (χ2n) is 2.91. The van der Waals surface area contributed by atoms with Crippen LogP contribution in [0.4, 0.5) is 0 Å². The summed E-state index contributed by atoms with van der Waals surface area (Å²) in [4.78, 5) is 6.80. The molecule has 1 aromatic rings. The SMILES string of the molecule is C=C/N=C1\C(=C/C)Sc2ccccc21. The lowest BCUT2D eigenvalue weighted by molar-refractivity contribution is 1.43. The molecule has 0 aromatic heterocycles. The number of aliphatic imine (C=N–C) groups is 1. The molecule has 0 amide bonds. The number of benzene rings is 1. The lowest BCUT2D eigenvalue weighted by Gasteiger charge is -1.96. The van der Waals surface area contributed by atoms with Crippen LogP contribution >= 0.6 is 11.8 Å². The molecule has 1 aliphatic rings. The normalized spacial score (nSPS) is 20.1. The van der Waals surface area contributed by atoms with Crippen molar-refractivity contribution in [3.63, 3.8) is 0 Å². The maximum atomic E-state index is 4.31. The molecule has 0 N–H and O–H groups in total. The van der Waals surface area contributed by atoms with E-state index in [4.69, 9.17) is 0 Å². The van der Waals surface area contributed by atoms with Crippen molar-refractivity contribution in [3.05, 3.63) is 53.6 Å². The average Bonchev–Trinajstić information content (AvgIpc) is 2.58. The predicted octanol–water partition coefficient (Wildman–Crippen LogP) is 3.63. The fourth-order valence-electron chi connectivity index (χ4n) is 1.47. The minimum Gasteiger partial charge on any atom is -0.256 e. The molecule has 1 heterocycles. The van der Waals surface area contributed by atoms with Crippen LogP contribution in [0.15, 0.2) is 57.9 Å². The van der Waals surface area contributed by atoms with Crippen molar-refractivity contribution in [1.29, 1.82) is 0 Å². The van der Waals surface area contributed by atoms with E-state index in [1.165, 1.54) is 15.4 Å². The zero-order valence-corrected chi connectivity index (χ0v) is 8.84. The number of hydrogen-bond acceptors (Lipinski definition) is 2. The molecule has 2 rings (SSSR count). The Bertz CT molecular complexity index is 430. The largest absolute Gasteiger partial charge is 0.256 e. The van der Waals surface area contributed by atoms with Gasteiger partial charge in [0.25, 0.3) is 0 Å². The molecular formula is C12H11NS. The van der Waals surface area contributed by atoms with E-state index in [0.29, 0.717) is 0 Å². The van der Waals surface area contributed by atoms with Crippen molar-refractivity contribution in [1.82, 2.24) is 0 Å². The van der Waals surface area contributed by atoms with Gasteiger partial charge in [0, 0.05) is 21.6 Å². The van der Waals surface area contributed by atoms with Gasteiger partial charge < -0.3 is 0 Å². The summed E-state index contributed by atoms with van der Waals surface area (Å²) in [5.74, 6) is 0. The summed E-state index contributed by atoms with van der Waals surface area (Å²) < 4.78 is 0. The van der Waals surface area contributed by atoms with Crippen LogP contribution in [-0.2, 0) is 0 Å². The molecule has 2 heteroatoms. The maximum Gasteiger partial charge on any atom is 0.0849 e. The van der Waals surface area contributed by atoms with E-state index in [1.807, 2.05) is 13.0 Å². The summed E-state index contributed by atoms with van der Waals surface area (Å²) in [5.41, 5.74) is 2.26. The summed E-state index contributed by atoms with van der Waals surface area (Å²) in [7, 11) is 0. The quantitative estimate of drug-likeness (QED) is 0.676. The van der Waals surface area contributed by atoms with Crippen LogP contribution in [0.3, 0.4) is 0 Å². The Morgan fingerprint density at radius 3 is 2.86 bits per heavy atom.